The van der Waals surface area contributed by atoms with Gasteiger partial charge in [0.05, 0.1) is 24.3 Å². The molecule has 88 valence electrons. The van der Waals surface area contributed by atoms with Gasteiger partial charge in [0.2, 0.25) is 5.91 Å². The van der Waals surface area contributed by atoms with Crippen LogP contribution in [0.1, 0.15) is 25.0 Å². The Morgan fingerprint density at radius 3 is 3.00 bits per heavy atom. The van der Waals surface area contributed by atoms with Crippen LogP contribution in [-0.4, -0.2) is 29.8 Å². The average molecular weight is 223 g/mol. The minimum Gasteiger partial charge on any atom is -0.384 e. The van der Waals surface area contributed by atoms with Gasteiger partial charge in [-0.25, -0.2) is 0 Å². The van der Waals surface area contributed by atoms with E-state index in [4.69, 9.17) is 4.74 Å². The molecule has 0 aliphatic heterocycles. The van der Waals surface area contributed by atoms with E-state index in [2.05, 4.69) is 15.5 Å². The summed E-state index contributed by atoms with van der Waals surface area (Å²) in [5.74, 6) is 0.0928. The van der Waals surface area contributed by atoms with E-state index in [1.54, 1.807) is 13.3 Å². The summed E-state index contributed by atoms with van der Waals surface area (Å²) in [6, 6.07) is 1.85. The lowest BCUT2D eigenvalue weighted by molar-refractivity contribution is -0.140. The average Bonchev–Trinajstić information content (AvgIpc) is 2.72. The third-order valence-electron chi connectivity index (χ3n) is 3.21. The molecule has 0 unspecified atom stereocenters. The normalized spacial score (nSPS) is 17.8. The second kappa shape index (κ2) is 4.65. The summed E-state index contributed by atoms with van der Waals surface area (Å²) in [6.45, 7) is 1.02. The Morgan fingerprint density at radius 1 is 1.69 bits per heavy atom. The largest absolute Gasteiger partial charge is 0.384 e. The molecule has 1 fully saturated rings. The van der Waals surface area contributed by atoms with Gasteiger partial charge in [-0.2, -0.15) is 5.10 Å². The van der Waals surface area contributed by atoms with Crippen molar-refractivity contribution in [3.63, 3.8) is 0 Å². The van der Waals surface area contributed by atoms with E-state index in [1.165, 1.54) is 0 Å². The fraction of sp³-hybridized carbons (Fsp3) is 0.636. The zero-order chi connectivity index (χ0) is 11.4. The van der Waals surface area contributed by atoms with Crippen molar-refractivity contribution in [1.82, 2.24) is 15.5 Å². The Morgan fingerprint density at radius 2 is 2.50 bits per heavy atom. The summed E-state index contributed by atoms with van der Waals surface area (Å²) in [5.41, 5.74) is 0.634. The van der Waals surface area contributed by atoms with Crippen molar-refractivity contribution >= 4 is 5.91 Å². The van der Waals surface area contributed by atoms with Gasteiger partial charge >= 0.3 is 0 Å². The number of ether oxygens (including phenoxy) is 1. The summed E-state index contributed by atoms with van der Waals surface area (Å²) in [7, 11) is 1.64. The number of rotatable bonds is 5. The van der Waals surface area contributed by atoms with Crippen LogP contribution in [0.15, 0.2) is 12.3 Å². The highest BCUT2D eigenvalue weighted by Crippen LogP contribution is 2.41. The van der Waals surface area contributed by atoms with Crippen molar-refractivity contribution in [2.45, 2.75) is 25.8 Å². The summed E-state index contributed by atoms with van der Waals surface area (Å²) in [4.78, 5) is 12.0. The smallest absolute Gasteiger partial charge is 0.228 e. The molecule has 1 saturated carbocycles. The number of carbonyl (C=O) groups excluding carboxylic acids is 1. The van der Waals surface area contributed by atoms with Crippen LogP contribution in [-0.2, 0) is 16.1 Å². The predicted octanol–water partition coefficient (Wildman–Crippen LogP) is 0.843. The number of hydrogen-bond acceptors (Lipinski definition) is 3. The Hall–Kier alpha value is -1.36. The SMILES string of the molecule is COCC1(C(=O)NCc2ccn[nH]2)CCC1. The molecule has 0 bridgehead atoms. The topological polar surface area (TPSA) is 67.0 Å². The molecule has 5 heteroatoms. The van der Waals surface area contributed by atoms with Gasteiger partial charge < -0.3 is 10.1 Å². The van der Waals surface area contributed by atoms with Crippen LogP contribution in [0.25, 0.3) is 0 Å². The molecule has 0 radical (unpaired) electrons. The molecule has 2 rings (SSSR count). The van der Waals surface area contributed by atoms with E-state index >= 15 is 0 Å². The van der Waals surface area contributed by atoms with Crippen LogP contribution in [0, 0.1) is 5.41 Å². The number of amides is 1. The van der Waals surface area contributed by atoms with Gasteiger partial charge in [0.15, 0.2) is 0 Å². The Kier molecular flexibility index (Phi) is 3.24. The van der Waals surface area contributed by atoms with Gasteiger partial charge in [0, 0.05) is 13.3 Å². The molecule has 1 aliphatic rings. The van der Waals surface area contributed by atoms with E-state index in [0.717, 1.165) is 25.0 Å². The molecule has 0 saturated heterocycles. The highest BCUT2D eigenvalue weighted by Gasteiger charge is 2.43. The van der Waals surface area contributed by atoms with Gasteiger partial charge in [0.25, 0.3) is 0 Å². The lowest BCUT2D eigenvalue weighted by Crippen LogP contribution is -2.48. The first-order valence-electron chi connectivity index (χ1n) is 5.52. The second-order valence-electron chi connectivity index (χ2n) is 4.33. The molecule has 0 atom stereocenters. The lowest BCUT2D eigenvalue weighted by atomic mass is 9.68. The molecule has 1 aromatic heterocycles. The van der Waals surface area contributed by atoms with Gasteiger partial charge in [-0.3, -0.25) is 9.89 Å². The monoisotopic (exact) mass is 223 g/mol. The van der Waals surface area contributed by atoms with Crippen molar-refractivity contribution in [1.29, 1.82) is 0 Å². The maximum Gasteiger partial charge on any atom is 0.228 e. The predicted molar refractivity (Wildman–Crippen MR) is 58.6 cm³/mol. The standard InChI is InChI=1S/C11H17N3O2/c1-16-8-11(4-2-5-11)10(15)12-7-9-3-6-13-14-9/h3,6H,2,4-5,7-8H2,1H3,(H,12,15)(H,13,14). The molecule has 1 aliphatic carbocycles. The van der Waals surface area contributed by atoms with Crippen LogP contribution in [0.5, 0.6) is 0 Å². The van der Waals surface area contributed by atoms with E-state index in [-0.39, 0.29) is 11.3 Å². The molecule has 0 aromatic carbocycles. The number of hydrogen-bond donors (Lipinski definition) is 2. The fourth-order valence-corrected chi connectivity index (χ4v) is 2.06. The molecule has 5 nitrogen and oxygen atoms in total. The van der Waals surface area contributed by atoms with Crippen LogP contribution in [0.2, 0.25) is 0 Å². The van der Waals surface area contributed by atoms with Gasteiger partial charge in [0.1, 0.15) is 0 Å². The van der Waals surface area contributed by atoms with Crippen molar-refractivity contribution < 1.29 is 9.53 Å². The number of carbonyl (C=O) groups is 1. The van der Waals surface area contributed by atoms with Crippen LogP contribution in [0.3, 0.4) is 0 Å². The second-order valence-corrected chi connectivity index (χ2v) is 4.33. The summed E-state index contributed by atoms with van der Waals surface area (Å²) < 4.78 is 5.13. The van der Waals surface area contributed by atoms with Crippen LogP contribution >= 0.6 is 0 Å². The molecular weight excluding hydrogens is 206 g/mol. The Balaban J connectivity index is 1.87. The van der Waals surface area contributed by atoms with Crippen LogP contribution in [0.4, 0.5) is 0 Å². The Bertz CT molecular complexity index is 344. The first-order valence-corrected chi connectivity index (χ1v) is 5.52. The minimum atomic E-state index is -0.283. The summed E-state index contributed by atoms with van der Waals surface area (Å²) in [6.07, 6.45) is 4.64. The highest BCUT2D eigenvalue weighted by molar-refractivity contribution is 5.83. The van der Waals surface area contributed by atoms with Crippen molar-refractivity contribution in [3.8, 4) is 0 Å². The van der Waals surface area contributed by atoms with Gasteiger partial charge in [-0.15, -0.1) is 0 Å². The lowest BCUT2D eigenvalue weighted by Gasteiger charge is -2.39. The van der Waals surface area contributed by atoms with Crippen molar-refractivity contribution in [3.05, 3.63) is 18.0 Å². The molecule has 0 spiro atoms. The molecule has 1 amide bonds. The maximum atomic E-state index is 12.0. The fourth-order valence-electron chi connectivity index (χ4n) is 2.06. The molecule has 2 N–H and O–H groups in total. The molecule has 16 heavy (non-hydrogen) atoms. The van der Waals surface area contributed by atoms with Crippen molar-refractivity contribution in [2.75, 3.05) is 13.7 Å². The van der Waals surface area contributed by atoms with E-state index < -0.39 is 0 Å². The highest BCUT2D eigenvalue weighted by atomic mass is 16.5. The number of methoxy groups -OCH3 is 1. The van der Waals surface area contributed by atoms with E-state index in [9.17, 15) is 4.79 Å². The summed E-state index contributed by atoms with van der Waals surface area (Å²) in [5, 5.41) is 9.57. The van der Waals surface area contributed by atoms with Gasteiger partial charge in [-0.1, -0.05) is 6.42 Å². The quantitative estimate of drug-likeness (QED) is 0.777. The summed E-state index contributed by atoms with van der Waals surface area (Å²) >= 11 is 0. The Labute approximate surface area is 94.6 Å². The zero-order valence-electron chi connectivity index (χ0n) is 9.45. The minimum absolute atomic E-state index is 0.0928. The maximum absolute atomic E-state index is 12.0. The molecule has 1 heterocycles. The van der Waals surface area contributed by atoms with E-state index in [1.807, 2.05) is 6.07 Å². The number of aromatic amines is 1. The first kappa shape index (κ1) is 11.1. The van der Waals surface area contributed by atoms with Crippen molar-refractivity contribution in [2.24, 2.45) is 5.41 Å². The number of nitrogens with one attached hydrogen (secondary N) is 2. The third kappa shape index (κ3) is 2.09. The molecular formula is C11H17N3O2. The number of aromatic nitrogens is 2. The van der Waals surface area contributed by atoms with E-state index in [0.29, 0.717) is 13.2 Å². The first-order chi connectivity index (χ1) is 7.77. The zero-order valence-corrected chi connectivity index (χ0v) is 9.45. The van der Waals surface area contributed by atoms with Crippen LogP contribution < -0.4 is 5.32 Å². The molecule has 1 aromatic rings. The van der Waals surface area contributed by atoms with Gasteiger partial charge in [-0.05, 0) is 18.9 Å². The number of H-pyrrole nitrogens is 1. The number of nitrogens with zero attached hydrogens (tertiary/aromatic N) is 1. The third-order valence-corrected chi connectivity index (χ3v) is 3.21.